The van der Waals surface area contributed by atoms with E-state index in [0.717, 1.165) is 22.2 Å². The van der Waals surface area contributed by atoms with Gasteiger partial charge in [0.2, 0.25) is 0 Å². The molecule has 1 amide bonds. The number of pyridine rings is 1. The van der Waals surface area contributed by atoms with E-state index in [0.29, 0.717) is 21.4 Å². The minimum Gasteiger partial charge on any atom is -0.345 e. The van der Waals surface area contributed by atoms with Crippen LogP contribution < -0.4 is 10.2 Å². The summed E-state index contributed by atoms with van der Waals surface area (Å²) in [5, 5.41) is 5.34. The van der Waals surface area contributed by atoms with Crippen LogP contribution in [0.15, 0.2) is 78.9 Å². The lowest BCUT2D eigenvalue weighted by Crippen LogP contribution is -2.43. The molecule has 2 heterocycles. The zero-order valence-electron chi connectivity index (χ0n) is 15.1. The molecule has 3 aromatic carbocycles. The zero-order valence-corrected chi connectivity index (χ0v) is 16.7. The van der Waals surface area contributed by atoms with Crippen molar-refractivity contribution in [2.24, 2.45) is 0 Å². The highest BCUT2D eigenvalue weighted by Crippen LogP contribution is 2.39. The van der Waals surface area contributed by atoms with Gasteiger partial charge in [-0.15, -0.1) is 0 Å². The molecule has 0 saturated heterocycles. The number of amides is 1. The summed E-state index contributed by atoms with van der Waals surface area (Å²) in [5.74, 6) is 0.399. The minimum absolute atomic E-state index is 0.140. The third-order valence-corrected chi connectivity index (χ3v) is 5.56. The summed E-state index contributed by atoms with van der Waals surface area (Å²) in [6, 6.07) is 24.4. The molecular weight excluding hydrogens is 405 g/mol. The topological polar surface area (TPSA) is 45.2 Å². The molecule has 0 spiro atoms. The first-order chi connectivity index (χ1) is 14.1. The largest absolute Gasteiger partial charge is 0.345 e. The molecule has 6 heteroatoms. The second kappa shape index (κ2) is 7.07. The lowest BCUT2D eigenvalue weighted by molar-refractivity contribution is 0.0974. The smallest absolute Gasteiger partial charge is 0.264 e. The SMILES string of the molecule is O=C1c2cc3ccccc3nc2N[C@@H](c2ccc(Cl)cc2Cl)N1c1ccccc1. The molecule has 1 aliphatic heterocycles. The summed E-state index contributed by atoms with van der Waals surface area (Å²) in [7, 11) is 0. The predicted octanol–water partition coefficient (Wildman–Crippen LogP) is 6.31. The number of para-hydroxylation sites is 2. The third-order valence-electron chi connectivity index (χ3n) is 5.00. The fourth-order valence-corrected chi connectivity index (χ4v) is 4.14. The van der Waals surface area contributed by atoms with Crippen molar-refractivity contribution < 1.29 is 4.79 Å². The summed E-state index contributed by atoms with van der Waals surface area (Å²) in [6.45, 7) is 0. The molecular formula is C23H15Cl2N3O. The molecule has 4 nitrogen and oxygen atoms in total. The molecule has 0 radical (unpaired) electrons. The van der Waals surface area contributed by atoms with Gasteiger partial charge in [-0.05, 0) is 36.4 Å². The number of halogens is 2. The molecule has 0 bridgehead atoms. The number of carbonyl (C=O) groups excluding carboxylic acids is 1. The number of nitrogens with one attached hydrogen (secondary N) is 1. The van der Waals surface area contributed by atoms with E-state index in [2.05, 4.69) is 10.3 Å². The first kappa shape index (κ1) is 18.0. The van der Waals surface area contributed by atoms with Crippen molar-refractivity contribution >= 4 is 51.5 Å². The van der Waals surface area contributed by atoms with E-state index in [1.165, 1.54) is 0 Å². The number of aromatic nitrogens is 1. The Morgan fingerprint density at radius 2 is 1.66 bits per heavy atom. The van der Waals surface area contributed by atoms with Crippen LogP contribution >= 0.6 is 23.2 Å². The van der Waals surface area contributed by atoms with Crippen molar-refractivity contribution in [1.29, 1.82) is 0 Å². The number of fused-ring (bicyclic) bond motifs is 2. The summed E-state index contributed by atoms with van der Waals surface area (Å²) in [6.07, 6.45) is -0.518. The quantitative estimate of drug-likeness (QED) is 0.413. The molecule has 0 saturated carbocycles. The number of anilines is 2. The number of rotatable bonds is 2. The van der Waals surface area contributed by atoms with Gasteiger partial charge in [0, 0.05) is 26.7 Å². The molecule has 0 unspecified atom stereocenters. The Balaban J connectivity index is 1.72. The Hall–Kier alpha value is -3.08. The third kappa shape index (κ3) is 3.11. The van der Waals surface area contributed by atoms with E-state index in [9.17, 15) is 4.79 Å². The van der Waals surface area contributed by atoms with Crippen molar-refractivity contribution in [3.05, 3.63) is 100 Å². The van der Waals surface area contributed by atoms with Gasteiger partial charge in [0.1, 0.15) is 12.0 Å². The van der Waals surface area contributed by atoms with Gasteiger partial charge in [0.15, 0.2) is 0 Å². The Morgan fingerprint density at radius 3 is 2.45 bits per heavy atom. The van der Waals surface area contributed by atoms with Crippen LogP contribution in [-0.4, -0.2) is 10.9 Å². The maximum atomic E-state index is 13.6. The highest BCUT2D eigenvalue weighted by Gasteiger charge is 2.36. The van der Waals surface area contributed by atoms with Crippen molar-refractivity contribution in [3.63, 3.8) is 0 Å². The standard InChI is InChI=1S/C23H15Cl2N3O/c24-15-10-11-17(19(25)13-15)22-27-21-18(12-14-6-4-5-9-20(14)26-21)23(29)28(22)16-7-2-1-3-8-16/h1-13,22H,(H,26,27)/t22-/m1/s1. The van der Waals surface area contributed by atoms with Crippen LogP contribution in [0.5, 0.6) is 0 Å². The highest BCUT2D eigenvalue weighted by atomic mass is 35.5. The Bertz CT molecular complexity index is 1240. The average molecular weight is 420 g/mol. The second-order valence-corrected chi connectivity index (χ2v) is 7.64. The van der Waals surface area contributed by atoms with E-state index in [4.69, 9.17) is 23.2 Å². The van der Waals surface area contributed by atoms with Gasteiger partial charge < -0.3 is 5.32 Å². The van der Waals surface area contributed by atoms with Crippen molar-refractivity contribution in [1.82, 2.24) is 4.98 Å². The van der Waals surface area contributed by atoms with Crippen molar-refractivity contribution in [2.45, 2.75) is 6.17 Å². The fraction of sp³-hybridized carbons (Fsp3) is 0.0435. The van der Waals surface area contributed by atoms with Crippen LogP contribution in [0.25, 0.3) is 10.9 Å². The fourth-order valence-electron chi connectivity index (χ4n) is 3.63. The Labute approximate surface area is 177 Å². The molecule has 1 atom stereocenters. The molecule has 5 rings (SSSR count). The van der Waals surface area contributed by atoms with Crippen LogP contribution in [0.1, 0.15) is 22.1 Å². The van der Waals surface area contributed by atoms with Gasteiger partial charge >= 0.3 is 0 Å². The zero-order chi connectivity index (χ0) is 20.0. The van der Waals surface area contributed by atoms with Gasteiger partial charge in [-0.2, -0.15) is 0 Å². The Morgan fingerprint density at radius 1 is 0.897 bits per heavy atom. The van der Waals surface area contributed by atoms with Crippen molar-refractivity contribution in [2.75, 3.05) is 10.2 Å². The molecule has 0 aliphatic carbocycles. The Kier molecular flexibility index (Phi) is 4.38. The maximum Gasteiger partial charge on any atom is 0.264 e. The summed E-state index contributed by atoms with van der Waals surface area (Å²) >= 11 is 12.6. The van der Waals surface area contributed by atoms with E-state index in [1.54, 1.807) is 17.0 Å². The maximum absolute atomic E-state index is 13.6. The van der Waals surface area contributed by atoms with E-state index in [1.807, 2.05) is 66.7 Å². The van der Waals surface area contributed by atoms with Crippen LogP contribution in [0.2, 0.25) is 10.0 Å². The average Bonchev–Trinajstić information content (AvgIpc) is 2.73. The molecule has 4 aromatic rings. The van der Waals surface area contributed by atoms with Gasteiger partial charge in [-0.3, -0.25) is 9.69 Å². The van der Waals surface area contributed by atoms with Crippen LogP contribution in [0, 0.1) is 0 Å². The lowest BCUT2D eigenvalue weighted by Gasteiger charge is -2.38. The van der Waals surface area contributed by atoms with Crippen molar-refractivity contribution in [3.8, 4) is 0 Å². The molecule has 1 aliphatic rings. The summed E-state index contributed by atoms with van der Waals surface area (Å²) in [4.78, 5) is 20.0. The van der Waals surface area contributed by atoms with Gasteiger partial charge in [0.05, 0.1) is 11.1 Å². The first-order valence-corrected chi connectivity index (χ1v) is 9.87. The monoisotopic (exact) mass is 419 g/mol. The van der Waals surface area contributed by atoms with Gasteiger partial charge in [-0.25, -0.2) is 4.98 Å². The summed E-state index contributed by atoms with van der Waals surface area (Å²) < 4.78 is 0. The summed E-state index contributed by atoms with van der Waals surface area (Å²) in [5.41, 5.74) is 2.85. The lowest BCUT2D eigenvalue weighted by atomic mass is 10.0. The van der Waals surface area contributed by atoms with Gasteiger partial charge in [0.25, 0.3) is 5.91 Å². The molecule has 142 valence electrons. The molecule has 1 aromatic heterocycles. The number of benzene rings is 3. The highest BCUT2D eigenvalue weighted by molar-refractivity contribution is 6.35. The van der Waals surface area contributed by atoms with E-state index < -0.39 is 6.17 Å². The number of nitrogens with zero attached hydrogens (tertiary/aromatic N) is 2. The molecule has 29 heavy (non-hydrogen) atoms. The minimum atomic E-state index is -0.518. The van der Waals surface area contributed by atoms with E-state index in [-0.39, 0.29) is 5.91 Å². The normalized spacial score (nSPS) is 15.9. The molecule has 1 N–H and O–H groups in total. The molecule has 0 fully saturated rings. The predicted molar refractivity (Wildman–Crippen MR) is 118 cm³/mol. The van der Waals surface area contributed by atoms with Gasteiger partial charge in [-0.1, -0.05) is 65.7 Å². The van der Waals surface area contributed by atoms with E-state index >= 15 is 0 Å². The van der Waals surface area contributed by atoms with Crippen LogP contribution in [0.4, 0.5) is 11.5 Å². The second-order valence-electron chi connectivity index (χ2n) is 6.80. The van der Waals surface area contributed by atoms with Crippen LogP contribution in [-0.2, 0) is 0 Å². The number of carbonyl (C=O) groups is 1. The first-order valence-electron chi connectivity index (χ1n) is 9.12. The number of hydrogen-bond donors (Lipinski definition) is 1. The van der Waals surface area contributed by atoms with Crippen LogP contribution in [0.3, 0.4) is 0 Å². The number of hydrogen-bond acceptors (Lipinski definition) is 3.